The number of fused-ring (bicyclic) bond motifs is 1. The van der Waals surface area contributed by atoms with E-state index in [2.05, 4.69) is 15.0 Å². The first-order valence-corrected chi connectivity index (χ1v) is 8.12. The Hall–Kier alpha value is -2.43. The minimum Gasteiger partial charge on any atom is -0.444 e. The van der Waals surface area contributed by atoms with Crippen molar-refractivity contribution < 1.29 is 24.9 Å². The van der Waals surface area contributed by atoms with Gasteiger partial charge in [0.05, 0.1) is 38.2 Å². The first-order chi connectivity index (χ1) is 12.2. The van der Waals surface area contributed by atoms with Gasteiger partial charge in [-0.15, -0.1) is 0 Å². The maximum Gasteiger partial charge on any atom is 0.411 e. The third-order valence-corrected chi connectivity index (χ3v) is 3.79. The number of carbonyl (C=O) groups is 1. The van der Waals surface area contributed by atoms with E-state index in [-0.39, 0.29) is 11.0 Å². The molecule has 0 saturated carbocycles. The lowest BCUT2D eigenvalue weighted by Gasteiger charge is -2.36. The lowest BCUT2D eigenvalue weighted by atomic mass is 10.1. The van der Waals surface area contributed by atoms with Crippen LogP contribution >= 0.6 is 0 Å². The molecule has 2 aromatic rings. The number of rotatable bonds is 6. The van der Waals surface area contributed by atoms with E-state index in [1.165, 1.54) is 12.5 Å². The molecule has 1 atom stereocenters. The van der Waals surface area contributed by atoms with Crippen LogP contribution in [0.25, 0.3) is 11.0 Å². The number of aliphatic hydroxyl groups excluding tert-OH is 3. The van der Waals surface area contributed by atoms with Crippen molar-refractivity contribution in [3.63, 3.8) is 0 Å². The highest BCUT2D eigenvalue weighted by atomic mass is 16.6. The van der Waals surface area contributed by atoms with Gasteiger partial charge in [-0.05, 0) is 20.8 Å². The van der Waals surface area contributed by atoms with Crippen molar-refractivity contribution in [2.45, 2.75) is 38.5 Å². The molecule has 2 heterocycles. The largest absolute Gasteiger partial charge is 0.444 e. The Morgan fingerprint density at radius 2 is 1.88 bits per heavy atom. The summed E-state index contributed by atoms with van der Waals surface area (Å²) in [6.07, 6.45) is 1.85. The molecular formula is C16H24N4O6. The molecule has 0 radical (unpaired) electrons. The van der Waals surface area contributed by atoms with Crippen LogP contribution in [0.4, 0.5) is 4.79 Å². The zero-order valence-electron chi connectivity index (χ0n) is 14.9. The Kier molecular flexibility index (Phi) is 6.01. The Balaban J connectivity index is 2.53. The molecule has 0 spiro atoms. The van der Waals surface area contributed by atoms with Crippen molar-refractivity contribution in [1.29, 1.82) is 0 Å². The summed E-state index contributed by atoms with van der Waals surface area (Å²) in [6.45, 7) is 3.42. The number of carbonyl (C=O) groups excluding carboxylic acids is 1. The zero-order chi connectivity index (χ0) is 19.5. The Bertz CT molecular complexity index is 805. The molecule has 0 bridgehead atoms. The average Bonchev–Trinajstić information content (AvgIpc) is 2.99. The number of ether oxygens (including phenoxy) is 1. The molecule has 0 fully saturated rings. The van der Waals surface area contributed by atoms with E-state index in [0.717, 1.165) is 4.90 Å². The summed E-state index contributed by atoms with van der Waals surface area (Å²) >= 11 is 0. The van der Waals surface area contributed by atoms with Crippen molar-refractivity contribution in [2.75, 3.05) is 19.8 Å². The number of amides is 1. The summed E-state index contributed by atoms with van der Waals surface area (Å²) in [5, 5.41) is 29.1. The van der Waals surface area contributed by atoms with Gasteiger partial charge in [0.25, 0.3) is 5.56 Å². The average molecular weight is 368 g/mol. The van der Waals surface area contributed by atoms with Gasteiger partial charge in [0.15, 0.2) is 0 Å². The van der Waals surface area contributed by atoms with Gasteiger partial charge >= 0.3 is 6.09 Å². The minimum absolute atomic E-state index is 0.189. The SMILES string of the molecule is CC(C)(C)OC(=O)N(C(CO)CO)C(CO)c1c[nH]c2c(=O)[nH]cnc12. The summed E-state index contributed by atoms with van der Waals surface area (Å²) in [5.74, 6) is 0. The Morgan fingerprint density at radius 3 is 2.42 bits per heavy atom. The number of aromatic amines is 2. The van der Waals surface area contributed by atoms with Gasteiger partial charge in [-0.2, -0.15) is 0 Å². The highest BCUT2D eigenvalue weighted by Crippen LogP contribution is 2.29. The summed E-state index contributed by atoms with van der Waals surface area (Å²) < 4.78 is 5.36. The van der Waals surface area contributed by atoms with Gasteiger partial charge in [-0.1, -0.05) is 0 Å². The van der Waals surface area contributed by atoms with Crippen molar-refractivity contribution in [3.05, 3.63) is 28.4 Å². The number of nitrogens with zero attached hydrogens (tertiary/aromatic N) is 2. The fraction of sp³-hybridized carbons (Fsp3) is 0.562. The van der Waals surface area contributed by atoms with Crippen LogP contribution in [0.2, 0.25) is 0 Å². The molecular weight excluding hydrogens is 344 g/mol. The van der Waals surface area contributed by atoms with Crippen LogP contribution in [0.5, 0.6) is 0 Å². The third kappa shape index (κ3) is 4.03. The molecule has 5 N–H and O–H groups in total. The first-order valence-electron chi connectivity index (χ1n) is 8.12. The molecule has 10 heteroatoms. The van der Waals surface area contributed by atoms with Crippen molar-refractivity contribution in [2.24, 2.45) is 0 Å². The van der Waals surface area contributed by atoms with Crippen LogP contribution in [0.3, 0.4) is 0 Å². The molecule has 0 saturated heterocycles. The standard InChI is InChI=1S/C16H24N4O6/c1-16(2,3)26-15(25)20(9(5-21)6-22)11(7-23)10-4-17-13-12(10)18-8-19-14(13)24/h4,8-9,11,17,21-23H,5-7H2,1-3H3,(H,18,19,24). The van der Waals surface area contributed by atoms with E-state index in [0.29, 0.717) is 5.56 Å². The van der Waals surface area contributed by atoms with Gasteiger partial charge in [0, 0.05) is 11.8 Å². The molecule has 0 aliphatic heterocycles. The summed E-state index contributed by atoms with van der Waals surface area (Å²) in [4.78, 5) is 34.9. The molecule has 144 valence electrons. The second-order valence-corrected chi connectivity index (χ2v) is 6.80. The van der Waals surface area contributed by atoms with Crippen LogP contribution in [-0.2, 0) is 4.74 Å². The third-order valence-electron chi connectivity index (χ3n) is 3.79. The molecule has 0 aliphatic rings. The number of H-pyrrole nitrogens is 2. The van der Waals surface area contributed by atoms with E-state index in [1.54, 1.807) is 20.8 Å². The highest BCUT2D eigenvalue weighted by molar-refractivity contribution is 5.79. The zero-order valence-corrected chi connectivity index (χ0v) is 14.9. The smallest absolute Gasteiger partial charge is 0.411 e. The summed E-state index contributed by atoms with van der Waals surface area (Å²) in [7, 11) is 0. The maximum atomic E-state index is 12.7. The van der Waals surface area contributed by atoms with Gasteiger partial charge in [0.2, 0.25) is 0 Å². The van der Waals surface area contributed by atoms with Gasteiger partial charge in [-0.3, -0.25) is 9.69 Å². The minimum atomic E-state index is -1.01. The predicted octanol–water partition coefficient (Wildman–Crippen LogP) is -0.125. The second-order valence-electron chi connectivity index (χ2n) is 6.80. The molecule has 1 amide bonds. The number of nitrogens with one attached hydrogen (secondary N) is 2. The summed E-state index contributed by atoms with van der Waals surface area (Å²) in [5.41, 5.74) is -0.389. The van der Waals surface area contributed by atoms with Gasteiger partial charge < -0.3 is 30.0 Å². The Labute approximate surface area is 149 Å². The number of hydrogen-bond acceptors (Lipinski definition) is 7. The van der Waals surface area contributed by atoms with Gasteiger partial charge in [-0.25, -0.2) is 9.78 Å². The topological polar surface area (TPSA) is 152 Å². The molecule has 10 nitrogen and oxygen atoms in total. The van der Waals surface area contributed by atoms with E-state index in [4.69, 9.17) is 4.74 Å². The van der Waals surface area contributed by atoms with Crippen LogP contribution in [0.15, 0.2) is 17.3 Å². The van der Waals surface area contributed by atoms with E-state index in [9.17, 15) is 24.9 Å². The van der Waals surface area contributed by atoms with Crippen molar-refractivity contribution in [1.82, 2.24) is 19.9 Å². The number of hydrogen-bond donors (Lipinski definition) is 5. The van der Waals surface area contributed by atoms with Crippen molar-refractivity contribution in [3.8, 4) is 0 Å². The lowest BCUT2D eigenvalue weighted by molar-refractivity contribution is -0.0218. The quantitative estimate of drug-likeness (QED) is 0.476. The predicted molar refractivity (Wildman–Crippen MR) is 92.6 cm³/mol. The highest BCUT2D eigenvalue weighted by Gasteiger charge is 2.35. The maximum absolute atomic E-state index is 12.7. The number of aromatic nitrogens is 3. The van der Waals surface area contributed by atoms with Crippen LogP contribution in [-0.4, -0.2) is 72.7 Å². The van der Waals surface area contributed by atoms with Crippen LogP contribution in [0, 0.1) is 0 Å². The van der Waals surface area contributed by atoms with E-state index < -0.39 is 49.2 Å². The van der Waals surface area contributed by atoms with Crippen LogP contribution in [0.1, 0.15) is 32.4 Å². The van der Waals surface area contributed by atoms with E-state index >= 15 is 0 Å². The monoisotopic (exact) mass is 368 g/mol. The summed E-state index contributed by atoms with van der Waals surface area (Å²) in [6, 6.07) is -1.99. The fourth-order valence-electron chi connectivity index (χ4n) is 2.64. The Morgan fingerprint density at radius 1 is 1.23 bits per heavy atom. The molecule has 2 rings (SSSR count). The normalized spacial score (nSPS) is 13.2. The van der Waals surface area contributed by atoms with E-state index in [1.807, 2.05) is 0 Å². The molecule has 26 heavy (non-hydrogen) atoms. The second kappa shape index (κ2) is 7.85. The molecule has 0 aromatic carbocycles. The lowest BCUT2D eigenvalue weighted by Crippen LogP contribution is -2.49. The number of aliphatic hydroxyl groups is 3. The van der Waals surface area contributed by atoms with Crippen molar-refractivity contribution >= 4 is 17.1 Å². The first kappa shape index (κ1) is 19.9. The van der Waals surface area contributed by atoms with Gasteiger partial charge in [0.1, 0.15) is 16.6 Å². The fourth-order valence-corrected chi connectivity index (χ4v) is 2.64. The molecule has 0 aliphatic carbocycles. The molecule has 2 aromatic heterocycles. The molecule has 1 unspecified atom stereocenters. The van der Waals surface area contributed by atoms with Crippen LogP contribution < -0.4 is 5.56 Å².